The molecule has 0 bridgehead atoms. The molecular formula is C24H28N3NaO5. The molecule has 3 aromatic rings. The van der Waals surface area contributed by atoms with Crippen molar-refractivity contribution in [2.45, 2.75) is 58.0 Å². The van der Waals surface area contributed by atoms with E-state index >= 15 is 0 Å². The molecule has 1 N–H and O–H groups in total. The Hall–Kier alpha value is -1.97. The van der Waals surface area contributed by atoms with Crippen LogP contribution in [0.5, 0.6) is 5.75 Å². The van der Waals surface area contributed by atoms with Crippen molar-refractivity contribution in [2.24, 2.45) is 0 Å². The summed E-state index contributed by atoms with van der Waals surface area (Å²) in [7, 11) is 0. The Bertz CT molecular complexity index is 1130. The summed E-state index contributed by atoms with van der Waals surface area (Å²) in [5.74, 6) is -0.281. The molecule has 2 unspecified atom stereocenters. The van der Waals surface area contributed by atoms with Crippen molar-refractivity contribution in [3.8, 4) is 17.0 Å². The van der Waals surface area contributed by atoms with Crippen LogP contribution >= 0.6 is 0 Å². The summed E-state index contributed by atoms with van der Waals surface area (Å²) < 4.78 is 19.2. The largest absolute Gasteiger partial charge is 1.00 e. The maximum Gasteiger partial charge on any atom is 1.00 e. The van der Waals surface area contributed by atoms with E-state index in [4.69, 9.17) is 19.2 Å². The molecule has 5 rings (SSSR count). The molecule has 4 heterocycles. The van der Waals surface area contributed by atoms with Crippen molar-refractivity contribution >= 4 is 17.0 Å². The van der Waals surface area contributed by atoms with Gasteiger partial charge in [0.25, 0.3) is 0 Å². The first kappa shape index (κ1) is 24.2. The second-order valence-electron chi connectivity index (χ2n) is 8.35. The molecule has 0 radical (unpaired) electrons. The maximum atomic E-state index is 12.1. The molecule has 33 heavy (non-hydrogen) atoms. The quantitative estimate of drug-likeness (QED) is 0.579. The number of hydrogen-bond acceptors (Lipinski definition) is 6. The smallest absolute Gasteiger partial charge is 1.00 e. The third kappa shape index (κ3) is 5.10. The van der Waals surface area contributed by atoms with E-state index in [2.05, 4.69) is 5.10 Å². The van der Waals surface area contributed by atoms with E-state index in [1.54, 1.807) is 10.7 Å². The van der Waals surface area contributed by atoms with Crippen LogP contribution in [0.2, 0.25) is 0 Å². The van der Waals surface area contributed by atoms with Crippen molar-refractivity contribution < 1.29 is 55.1 Å². The molecule has 170 valence electrons. The molecule has 2 atom stereocenters. The molecule has 2 aliphatic heterocycles. The first-order valence-electron chi connectivity index (χ1n) is 11.2. The van der Waals surface area contributed by atoms with Crippen LogP contribution in [0.25, 0.3) is 22.3 Å². The number of ether oxygens (including phenoxy) is 3. The summed E-state index contributed by atoms with van der Waals surface area (Å²) in [6.45, 7) is 3.21. The van der Waals surface area contributed by atoms with E-state index < -0.39 is 5.97 Å². The summed E-state index contributed by atoms with van der Waals surface area (Å²) in [4.78, 5) is 16.9. The van der Waals surface area contributed by atoms with E-state index in [1.165, 1.54) is 0 Å². The minimum atomic E-state index is -1.000. The van der Waals surface area contributed by atoms with Gasteiger partial charge in [0.05, 0.1) is 28.9 Å². The summed E-state index contributed by atoms with van der Waals surface area (Å²) in [6.07, 6.45) is 5.51. The Morgan fingerprint density at radius 3 is 2.48 bits per heavy atom. The second-order valence-corrected chi connectivity index (χ2v) is 8.35. The number of carboxylic acids is 1. The van der Waals surface area contributed by atoms with Crippen LogP contribution in [0.1, 0.15) is 62.2 Å². The zero-order valence-corrected chi connectivity index (χ0v) is 21.1. The zero-order valence-electron chi connectivity index (χ0n) is 20.1. The zero-order chi connectivity index (χ0) is 22.1. The number of carbonyl (C=O) groups is 1. The Labute approximate surface area is 216 Å². The number of carboxylic acid groups (broad SMARTS) is 1. The van der Waals surface area contributed by atoms with E-state index in [0.29, 0.717) is 29.0 Å². The minimum absolute atomic E-state index is 0. The average molecular weight is 461 g/mol. The summed E-state index contributed by atoms with van der Waals surface area (Å²) in [5.41, 5.74) is 2.76. The third-order valence-electron chi connectivity index (χ3n) is 6.05. The second kappa shape index (κ2) is 10.5. The van der Waals surface area contributed by atoms with Crippen LogP contribution in [0, 0.1) is 6.92 Å². The molecule has 0 amide bonds. The van der Waals surface area contributed by atoms with Gasteiger partial charge in [-0.05, 0) is 69.4 Å². The fourth-order valence-corrected chi connectivity index (χ4v) is 4.41. The Morgan fingerprint density at radius 2 is 1.85 bits per heavy atom. The fraction of sp³-hybridized carbons (Fsp3) is 0.458. The van der Waals surface area contributed by atoms with Crippen LogP contribution < -0.4 is 34.3 Å². The van der Waals surface area contributed by atoms with Crippen molar-refractivity contribution in [1.29, 1.82) is 0 Å². The standard InChI is InChI=1S/C24H27N3O5.Na.H/c1-15-22-18(24(28)29)14-19(25-23(22)27(26-15)20-6-2-4-12-30-20)16-8-10-17(11-9-16)32-21-7-3-5-13-31-21;;/h8-11,14,20-21H,2-7,12-13H2,1H3,(H,28,29);;/q;+1;-1. The average Bonchev–Trinajstić information content (AvgIpc) is 3.16. The Kier molecular flexibility index (Phi) is 7.71. The maximum absolute atomic E-state index is 12.1. The number of fused-ring (bicyclic) bond motifs is 1. The van der Waals surface area contributed by atoms with Crippen molar-refractivity contribution in [3.63, 3.8) is 0 Å². The third-order valence-corrected chi connectivity index (χ3v) is 6.05. The molecular weight excluding hydrogens is 433 g/mol. The molecule has 2 fully saturated rings. The number of aryl methyl sites for hydroxylation is 1. The summed E-state index contributed by atoms with van der Waals surface area (Å²) in [5, 5.41) is 15.1. The first-order valence-corrected chi connectivity index (χ1v) is 11.2. The molecule has 0 spiro atoms. The topological polar surface area (TPSA) is 95.7 Å². The normalized spacial score (nSPS) is 20.9. The SMILES string of the molecule is Cc1nn(C2CCCCO2)c2nc(-c3ccc(OC4CCCCO4)cc3)cc(C(=O)O)c12.[H-].[Na+]. The summed E-state index contributed by atoms with van der Waals surface area (Å²) >= 11 is 0. The molecule has 8 nitrogen and oxygen atoms in total. The number of benzene rings is 1. The predicted octanol–water partition coefficient (Wildman–Crippen LogP) is 1.83. The van der Waals surface area contributed by atoms with Crippen LogP contribution in [-0.2, 0) is 9.47 Å². The summed E-state index contributed by atoms with van der Waals surface area (Å²) in [6, 6.07) is 9.13. The van der Waals surface area contributed by atoms with Gasteiger partial charge < -0.3 is 20.7 Å². The molecule has 2 saturated heterocycles. The minimum Gasteiger partial charge on any atom is -1.00 e. The van der Waals surface area contributed by atoms with Crippen molar-refractivity contribution in [3.05, 3.63) is 41.6 Å². The first-order chi connectivity index (χ1) is 15.6. The van der Waals surface area contributed by atoms with Gasteiger partial charge in [-0.2, -0.15) is 5.10 Å². The Balaban J connectivity index is 0.00000162. The molecule has 1 aromatic carbocycles. The van der Waals surface area contributed by atoms with Gasteiger partial charge in [-0.25, -0.2) is 14.5 Å². The number of aromatic nitrogens is 3. The van der Waals surface area contributed by atoms with Gasteiger partial charge in [0.15, 0.2) is 18.2 Å². The number of hydrogen-bond donors (Lipinski definition) is 1. The molecule has 0 aliphatic carbocycles. The van der Waals surface area contributed by atoms with Crippen LogP contribution in [0.3, 0.4) is 0 Å². The van der Waals surface area contributed by atoms with Crippen LogP contribution in [-0.4, -0.2) is 45.3 Å². The van der Waals surface area contributed by atoms with E-state index in [9.17, 15) is 9.90 Å². The van der Waals surface area contributed by atoms with E-state index in [1.807, 2.05) is 31.2 Å². The molecule has 9 heteroatoms. The van der Waals surface area contributed by atoms with Gasteiger partial charge in [-0.1, -0.05) is 0 Å². The Morgan fingerprint density at radius 1 is 1.12 bits per heavy atom. The van der Waals surface area contributed by atoms with Gasteiger partial charge in [0, 0.05) is 18.6 Å². The molecule has 2 aromatic heterocycles. The van der Waals surface area contributed by atoms with Gasteiger partial charge in [-0.3, -0.25) is 0 Å². The molecule has 0 saturated carbocycles. The van der Waals surface area contributed by atoms with E-state index in [0.717, 1.165) is 56.4 Å². The van der Waals surface area contributed by atoms with Gasteiger partial charge in [0.1, 0.15) is 5.75 Å². The van der Waals surface area contributed by atoms with Crippen LogP contribution in [0.15, 0.2) is 30.3 Å². The molecule has 2 aliphatic rings. The number of aromatic carboxylic acids is 1. The van der Waals surface area contributed by atoms with Gasteiger partial charge >= 0.3 is 35.5 Å². The van der Waals surface area contributed by atoms with Gasteiger partial charge in [-0.15, -0.1) is 0 Å². The van der Waals surface area contributed by atoms with E-state index in [-0.39, 0.29) is 49.1 Å². The number of nitrogens with zero attached hydrogens (tertiary/aromatic N) is 3. The number of rotatable bonds is 5. The van der Waals surface area contributed by atoms with Crippen LogP contribution in [0.4, 0.5) is 0 Å². The van der Waals surface area contributed by atoms with Crippen molar-refractivity contribution in [1.82, 2.24) is 14.8 Å². The predicted molar refractivity (Wildman–Crippen MR) is 119 cm³/mol. The van der Waals surface area contributed by atoms with Gasteiger partial charge in [0.2, 0.25) is 0 Å². The van der Waals surface area contributed by atoms with Crippen molar-refractivity contribution in [2.75, 3.05) is 13.2 Å². The monoisotopic (exact) mass is 461 g/mol. The fourth-order valence-electron chi connectivity index (χ4n) is 4.41. The number of pyridine rings is 1.